The molecule has 0 spiro atoms. The fourth-order valence-corrected chi connectivity index (χ4v) is 3.89. The van der Waals surface area contributed by atoms with Crippen molar-refractivity contribution in [1.82, 2.24) is 0 Å². The Hall–Kier alpha value is -3.28. The number of Topliss-reactive ketones (excluding diaryl/α,β-unsaturated/α-hetero) is 1. The molecule has 0 fully saturated rings. The predicted molar refractivity (Wildman–Crippen MR) is 101 cm³/mol. The van der Waals surface area contributed by atoms with Crippen LogP contribution in [0.5, 0.6) is 0 Å². The fraction of sp³-hybridized carbons (Fsp3) is 0.227. The molecule has 2 aromatic carbocycles. The Morgan fingerprint density at radius 2 is 1.79 bits per heavy atom. The molecule has 5 nitrogen and oxygen atoms in total. The summed E-state index contributed by atoms with van der Waals surface area (Å²) in [6, 6.07) is 13.5. The molecule has 0 amide bonds. The van der Waals surface area contributed by atoms with E-state index in [4.69, 9.17) is 4.74 Å². The second kappa shape index (κ2) is 7.38. The molecule has 0 radical (unpaired) electrons. The summed E-state index contributed by atoms with van der Waals surface area (Å²) in [5.74, 6) is -0.514. The zero-order chi connectivity index (χ0) is 19.7. The van der Waals surface area contributed by atoms with Crippen molar-refractivity contribution in [3.05, 3.63) is 98.7 Å². The van der Waals surface area contributed by atoms with Gasteiger partial charge in [-0.15, -0.1) is 0 Å². The van der Waals surface area contributed by atoms with Crippen LogP contribution >= 0.6 is 0 Å². The van der Waals surface area contributed by atoms with Crippen LogP contribution < -0.4 is 0 Å². The van der Waals surface area contributed by atoms with Gasteiger partial charge in [0, 0.05) is 23.3 Å². The number of halogens is 1. The molecule has 1 heterocycles. The first-order valence-corrected chi connectivity index (χ1v) is 9.14. The van der Waals surface area contributed by atoms with Crippen molar-refractivity contribution in [3.63, 3.8) is 0 Å². The molecule has 2 aromatic rings. The SMILES string of the molecule is O=C1CCCC2=C1[C@@H](c1ccccc1)[C@H]([N+](=O)[O-])/C(=C/c1ccc(F)cc1)O2. The number of allylic oxidation sites excluding steroid dienone is 1. The van der Waals surface area contributed by atoms with Crippen molar-refractivity contribution >= 4 is 11.9 Å². The van der Waals surface area contributed by atoms with Crippen molar-refractivity contribution in [2.24, 2.45) is 0 Å². The summed E-state index contributed by atoms with van der Waals surface area (Å²) in [4.78, 5) is 24.3. The van der Waals surface area contributed by atoms with E-state index in [2.05, 4.69) is 0 Å². The maximum absolute atomic E-state index is 13.2. The largest absolute Gasteiger partial charge is 0.458 e. The molecule has 0 N–H and O–H groups in total. The number of ether oxygens (including phenoxy) is 1. The lowest BCUT2D eigenvalue weighted by atomic mass is 9.76. The average Bonchev–Trinajstić information content (AvgIpc) is 2.69. The molecule has 0 unspecified atom stereocenters. The lowest BCUT2D eigenvalue weighted by Crippen LogP contribution is -2.39. The number of carbonyl (C=O) groups is 1. The number of nitrogens with zero attached hydrogens (tertiary/aromatic N) is 1. The van der Waals surface area contributed by atoms with Crippen molar-refractivity contribution in [3.8, 4) is 0 Å². The van der Waals surface area contributed by atoms with Crippen LogP contribution in [-0.4, -0.2) is 16.7 Å². The third-order valence-electron chi connectivity index (χ3n) is 5.13. The van der Waals surface area contributed by atoms with Gasteiger partial charge in [0.1, 0.15) is 11.6 Å². The average molecular weight is 379 g/mol. The standard InChI is InChI=1S/C22H18FNO4/c23-16-11-9-14(10-12-16)13-19-22(24(26)27)20(15-5-2-1-3-6-15)21-17(25)7-4-8-18(21)28-19/h1-3,5-6,9-13,20,22H,4,7-8H2/b19-13-/t20-,22-/m1/s1. The molecule has 0 saturated heterocycles. The topological polar surface area (TPSA) is 69.4 Å². The number of nitro groups is 1. The first kappa shape index (κ1) is 18.1. The summed E-state index contributed by atoms with van der Waals surface area (Å²) in [6.45, 7) is 0. The van der Waals surface area contributed by atoms with Crippen LogP contribution in [0.25, 0.3) is 6.08 Å². The molecular formula is C22H18FNO4. The molecule has 142 valence electrons. The molecule has 6 heteroatoms. The Kier molecular flexibility index (Phi) is 4.77. The number of rotatable bonds is 3. The van der Waals surface area contributed by atoms with E-state index in [1.54, 1.807) is 30.3 Å². The quantitative estimate of drug-likeness (QED) is 0.576. The third-order valence-corrected chi connectivity index (χ3v) is 5.13. The van der Waals surface area contributed by atoms with Gasteiger partial charge in [-0.3, -0.25) is 14.9 Å². The zero-order valence-corrected chi connectivity index (χ0v) is 15.0. The van der Waals surface area contributed by atoms with Crippen LogP contribution in [0.15, 0.2) is 71.7 Å². The van der Waals surface area contributed by atoms with Crippen molar-refractivity contribution in [2.75, 3.05) is 0 Å². The van der Waals surface area contributed by atoms with Crippen LogP contribution in [-0.2, 0) is 9.53 Å². The lowest BCUT2D eigenvalue weighted by molar-refractivity contribution is -0.520. The lowest BCUT2D eigenvalue weighted by Gasteiger charge is -2.34. The highest BCUT2D eigenvalue weighted by Gasteiger charge is 2.48. The Morgan fingerprint density at radius 1 is 1.07 bits per heavy atom. The highest BCUT2D eigenvalue weighted by molar-refractivity contribution is 5.98. The van der Waals surface area contributed by atoms with E-state index < -0.39 is 16.9 Å². The van der Waals surface area contributed by atoms with Gasteiger partial charge in [0.2, 0.25) is 0 Å². The summed E-state index contributed by atoms with van der Waals surface area (Å²) >= 11 is 0. The maximum atomic E-state index is 13.2. The molecule has 0 aromatic heterocycles. The van der Waals surface area contributed by atoms with Gasteiger partial charge in [-0.1, -0.05) is 42.5 Å². The van der Waals surface area contributed by atoms with E-state index in [-0.39, 0.29) is 17.4 Å². The molecule has 1 aliphatic carbocycles. The maximum Gasteiger partial charge on any atom is 0.280 e. The Balaban J connectivity index is 1.88. The minimum absolute atomic E-state index is 0.0946. The molecular weight excluding hydrogens is 361 g/mol. The van der Waals surface area contributed by atoms with Gasteiger partial charge < -0.3 is 4.74 Å². The monoisotopic (exact) mass is 379 g/mol. The normalized spacial score (nSPS) is 23.3. The minimum Gasteiger partial charge on any atom is -0.458 e. The smallest absolute Gasteiger partial charge is 0.280 e. The third kappa shape index (κ3) is 3.33. The second-order valence-electron chi connectivity index (χ2n) is 6.93. The van der Waals surface area contributed by atoms with E-state index in [1.807, 2.05) is 6.07 Å². The fourth-order valence-electron chi connectivity index (χ4n) is 3.89. The van der Waals surface area contributed by atoms with Crippen LogP contribution in [0.3, 0.4) is 0 Å². The zero-order valence-electron chi connectivity index (χ0n) is 15.0. The first-order valence-electron chi connectivity index (χ1n) is 9.14. The van der Waals surface area contributed by atoms with Crippen LogP contribution in [0.2, 0.25) is 0 Å². The van der Waals surface area contributed by atoms with Gasteiger partial charge in [0.25, 0.3) is 6.04 Å². The molecule has 2 aliphatic rings. The van der Waals surface area contributed by atoms with E-state index in [0.29, 0.717) is 41.7 Å². The van der Waals surface area contributed by atoms with Crippen molar-refractivity contribution < 1.29 is 18.8 Å². The van der Waals surface area contributed by atoms with Crippen LogP contribution in [0.1, 0.15) is 36.3 Å². The molecule has 28 heavy (non-hydrogen) atoms. The second-order valence-corrected chi connectivity index (χ2v) is 6.93. The summed E-state index contributed by atoms with van der Waals surface area (Å²) in [5.41, 5.74) is 1.72. The summed E-state index contributed by atoms with van der Waals surface area (Å²) in [7, 11) is 0. The Labute approximate surface area is 161 Å². The summed E-state index contributed by atoms with van der Waals surface area (Å²) in [6.07, 6.45) is 3.15. The Morgan fingerprint density at radius 3 is 2.46 bits per heavy atom. The van der Waals surface area contributed by atoms with E-state index in [9.17, 15) is 19.3 Å². The van der Waals surface area contributed by atoms with E-state index >= 15 is 0 Å². The van der Waals surface area contributed by atoms with Gasteiger partial charge in [0.05, 0.1) is 5.92 Å². The van der Waals surface area contributed by atoms with Gasteiger partial charge in [0.15, 0.2) is 11.5 Å². The number of hydrogen-bond donors (Lipinski definition) is 0. The molecule has 0 bridgehead atoms. The van der Waals surface area contributed by atoms with Crippen molar-refractivity contribution in [2.45, 2.75) is 31.2 Å². The molecule has 2 atom stereocenters. The minimum atomic E-state index is -1.23. The Bertz CT molecular complexity index is 979. The van der Waals surface area contributed by atoms with Gasteiger partial charge >= 0.3 is 0 Å². The first-order chi connectivity index (χ1) is 13.5. The number of hydrogen-bond acceptors (Lipinski definition) is 4. The number of ketones is 1. The number of benzene rings is 2. The highest BCUT2D eigenvalue weighted by Crippen LogP contribution is 2.45. The number of carbonyl (C=O) groups excluding carboxylic acids is 1. The van der Waals surface area contributed by atoms with Crippen LogP contribution in [0.4, 0.5) is 4.39 Å². The molecule has 1 aliphatic heterocycles. The summed E-state index contributed by atoms with van der Waals surface area (Å²) in [5, 5.41) is 12.1. The molecule has 0 saturated carbocycles. The summed E-state index contributed by atoms with van der Waals surface area (Å²) < 4.78 is 19.1. The van der Waals surface area contributed by atoms with Gasteiger partial charge in [-0.2, -0.15) is 0 Å². The van der Waals surface area contributed by atoms with Gasteiger partial charge in [-0.25, -0.2) is 4.39 Å². The van der Waals surface area contributed by atoms with Crippen molar-refractivity contribution in [1.29, 1.82) is 0 Å². The van der Waals surface area contributed by atoms with Crippen LogP contribution in [0, 0.1) is 15.9 Å². The van der Waals surface area contributed by atoms with Gasteiger partial charge in [-0.05, 0) is 35.8 Å². The highest BCUT2D eigenvalue weighted by atomic mass is 19.1. The van der Waals surface area contributed by atoms with E-state index in [0.717, 1.165) is 0 Å². The predicted octanol–water partition coefficient (Wildman–Crippen LogP) is 4.63. The molecule has 4 rings (SSSR count). The van der Waals surface area contributed by atoms with E-state index in [1.165, 1.54) is 24.3 Å².